The average molecular weight is 282 g/mol. The quantitative estimate of drug-likeness (QED) is 0.580. The number of rotatable bonds is 7. The SMILES string of the molecule is COc1cccc([N+](=O)[O-])c1C(=O)NCC(C)CCO. The van der Waals surface area contributed by atoms with Crippen molar-refractivity contribution in [3.8, 4) is 5.75 Å². The molecule has 7 nitrogen and oxygen atoms in total. The number of aliphatic hydroxyl groups excluding tert-OH is 1. The van der Waals surface area contributed by atoms with Crippen molar-refractivity contribution in [2.75, 3.05) is 20.3 Å². The number of hydrogen-bond acceptors (Lipinski definition) is 5. The van der Waals surface area contributed by atoms with Crippen molar-refractivity contribution < 1.29 is 19.6 Å². The molecule has 110 valence electrons. The second-order valence-electron chi connectivity index (χ2n) is 4.44. The van der Waals surface area contributed by atoms with Crippen LogP contribution in [-0.4, -0.2) is 36.2 Å². The van der Waals surface area contributed by atoms with Crippen molar-refractivity contribution in [3.63, 3.8) is 0 Å². The van der Waals surface area contributed by atoms with Gasteiger partial charge in [-0.05, 0) is 18.4 Å². The van der Waals surface area contributed by atoms with Crippen molar-refractivity contribution in [2.24, 2.45) is 5.92 Å². The Labute approximate surface area is 116 Å². The Morgan fingerprint density at radius 3 is 2.80 bits per heavy atom. The molecule has 1 unspecified atom stereocenters. The fraction of sp³-hybridized carbons (Fsp3) is 0.462. The van der Waals surface area contributed by atoms with Crippen molar-refractivity contribution in [1.29, 1.82) is 0 Å². The molecule has 1 rings (SSSR count). The number of methoxy groups -OCH3 is 1. The lowest BCUT2D eigenvalue weighted by Crippen LogP contribution is -2.29. The normalized spacial score (nSPS) is 11.8. The smallest absolute Gasteiger partial charge is 0.285 e. The first-order valence-corrected chi connectivity index (χ1v) is 6.21. The highest BCUT2D eigenvalue weighted by molar-refractivity contribution is 6.00. The molecule has 0 aliphatic rings. The third-order valence-corrected chi connectivity index (χ3v) is 2.88. The van der Waals surface area contributed by atoms with Gasteiger partial charge in [-0.1, -0.05) is 13.0 Å². The van der Waals surface area contributed by atoms with Gasteiger partial charge < -0.3 is 15.2 Å². The fourth-order valence-corrected chi connectivity index (χ4v) is 1.75. The summed E-state index contributed by atoms with van der Waals surface area (Å²) in [5, 5.41) is 22.4. The summed E-state index contributed by atoms with van der Waals surface area (Å²) in [6, 6.07) is 4.22. The van der Waals surface area contributed by atoms with Crippen LogP contribution in [0.25, 0.3) is 0 Å². The topological polar surface area (TPSA) is 102 Å². The van der Waals surface area contributed by atoms with E-state index in [4.69, 9.17) is 9.84 Å². The number of nitrogens with zero attached hydrogens (tertiary/aromatic N) is 1. The van der Waals surface area contributed by atoms with E-state index in [0.29, 0.717) is 13.0 Å². The summed E-state index contributed by atoms with van der Waals surface area (Å²) < 4.78 is 5.01. The maximum Gasteiger partial charge on any atom is 0.285 e. The molecule has 0 heterocycles. The summed E-state index contributed by atoms with van der Waals surface area (Å²) in [5.74, 6) is -0.317. The minimum absolute atomic E-state index is 0.0336. The molecule has 0 spiro atoms. The summed E-state index contributed by atoms with van der Waals surface area (Å²) in [7, 11) is 1.35. The first kappa shape index (κ1) is 15.9. The number of ether oxygens (including phenoxy) is 1. The molecule has 0 bridgehead atoms. The van der Waals surface area contributed by atoms with Crippen LogP contribution in [0.4, 0.5) is 5.69 Å². The van der Waals surface area contributed by atoms with E-state index < -0.39 is 10.8 Å². The Morgan fingerprint density at radius 1 is 1.55 bits per heavy atom. The van der Waals surface area contributed by atoms with Gasteiger partial charge in [0.2, 0.25) is 0 Å². The lowest BCUT2D eigenvalue weighted by Gasteiger charge is -2.13. The first-order valence-electron chi connectivity index (χ1n) is 6.21. The van der Waals surface area contributed by atoms with Gasteiger partial charge in [0.1, 0.15) is 5.75 Å². The zero-order valence-electron chi connectivity index (χ0n) is 11.5. The largest absolute Gasteiger partial charge is 0.496 e. The minimum atomic E-state index is -0.616. The maximum atomic E-state index is 12.1. The van der Waals surface area contributed by atoms with Gasteiger partial charge >= 0.3 is 0 Å². The molecule has 0 radical (unpaired) electrons. The number of carbonyl (C=O) groups is 1. The van der Waals surface area contributed by atoms with Gasteiger partial charge in [-0.25, -0.2) is 0 Å². The molecule has 1 amide bonds. The van der Waals surface area contributed by atoms with Crippen molar-refractivity contribution >= 4 is 11.6 Å². The van der Waals surface area contributed by atoms with Crippen LogP contribution in [0.15, 0.2) is 18.2 Å². The van der Waals surface area contributed by atoms with Crippen LogP contribution < -0.4 is 10.1 Å². The second kappa shape index (κ2) is 7.44. The zero-order chi connectivity index (χ0) is 15.1. The highest BCUT2D eigenvalue weighted by Crippen LogP contribution is 2.27. The molecular weight excluding hydrogens is 264 g/mol. The number of nitro groups is 1. The molecule has 0 aromatic heterocycles. The Morgan fingerprint density at radius 2 is 2.25 bits per heavy atom. The fourth-order valence-electron chi connectivity index (χ4n) is 1.75. The predicted molar refractivity (Wildman–Crippen MR) is 72.8 cm³/mol. The Balaban J connectivity index is 2.93. The van der Waals surface area contributed by atoms with Gasteiger partial charge in [0.05, 0.1) is 12.0 Å². The van der Waals surface area contributed by atoms with Gasteiger partial charge in [0.15, 0.2) is 5.56 Å². The second-order valence-corrected chi connectivity index (χ2v) is 4.44. The standard InChI is InChI=1S/C13H18N2O5/c1-9(6-7-16)8-14-13(17)12-10(15(18)19)4-3-5-11(12)20-2/h3-5,9,16H,6-8H2,1-2H3,(H,14,17). The monoisotopic (exact) mass is 282 g/mol. The van der Waals surface area contributed by atoms with E-state index >= 15 is 0 Å². The van der Waals surface area contributed by atoms with Gasteiger partial charge in [-0.3, -0.25) is 14.9 Å². The Kier molecular flexibility index (Phi) is 5.92. The van der Waals surface area contributed by atoms with Crippen LogP contribution >= 0.6 is 0 Å². The third-order valence-electron chi connectivity index (χ3n) is 2.88. The number of nitro benzene ring substituents is 1. The highest BCUT2D eigenvalue weighted by Gasteiger charge is 2.24. The average Bonchev–Trinajstić information content (AvgIpc) is 2.44. The molecule has 20 heavy (non-hydrogen) atoms. The molecule has 0 saturated heterocycles. The molecule has 1 aromatic carbocycles. The van der Waals surface area contributed by atoms with E-state index in [1.54, 1.807) is 0 Å². The summed E-state index contributed by atoms with van der Waals surface area (Å²) in [6.45, 7) is 2.23. The number of aliphatic hydroxyl groups is 1. The lowest BCUT2D eigenvalue weighted by atomic mass is 10.1. The number of hydrogen-bond donors (Lipinski definition) is 2. The van der Waals surface area contributed by atoms with E-state index in [1.165, 1.54) is 25.3 Å². The summed E-state index contributed by atoms with van der Waals surface area (Å²) in [6.07, 6.45) is 0.550. The van der Waals surface area contributed by atoms with E-state index in [0.717, 1.165) is 0 Å². The maximum absolute atomic E-state index is 12.1. The van der Waals surface area contributed by atoms with Gasteiger partial charge in [0.25, 0.3) is 11.6 Å². The molecule has 1 atom stereocenters. The van der Waals surface area contributed by atoms with Crippen LogP contribution in [-0.2, 0) is 0 Å². The van der Waals surface area contributed by atoms with E-state index in [2.05, 4.69) is 5.32 Å². The molecule has 0 aliphatic carbocycles. The lowest BCUT2D eigenvalue weighted by molar-refractivity contribution is -0.385. The van der Waals surface area contributed by atoms with Gasteiger partial charge in [-0.15, -0.1) is 0 Å². The molecule has 0 aliphatic heterocycles. The number of nitrogens with one attached hydrogen (secondary N) is 1. The molecule has 1 aromatic rings. The predicted octanol–water partition coefficient (Wildman–Crippen LogP) is 1.35. The minimum Gasteiger partial charge on any atom is -0.496 e. The number of benzene rings is 1. The first-order chi connectivity index (χ1) is 9.51. The van der Waals surface area contributed by atoms with Crippen LogP contribution in [0.3, 0.4) is 0 Å². The van der Waals surface area contributed by atoms with Crippen molar-refractivity contribution in [1.82, 2.24) is 5.32 Å². The summed E-state index contributed by atoms with van der Waals surface area (Å²) >= 11 is 0. The van der Waals surface area contributed by atoms with Crippen LogP contribution in [0, 0.1) is 16.0 Å². The zero-order valence-corrected chi connectivity index (χ0v) is 11.5. The van der Waals surface area contributed by atoms with Crippen LogP contribution in [0.5, 0.6) is 5.75 Å². The molecular formula is C13H18N2O5. The van der Waals surface area contributed by atoms with Crippen molar-refractivity contribution in [3.05, 3.63) is 33.9 Å². The van der Waals surface area contributed by atoms with Gasteiger partial charge in [0, 0.05) is 19.2 Å². The van der Waals surface area contributed by atoms with Crippen molar-refractivity contribution in [2.45, 2.75) is 13.3 Å². The third kappa shape index (κ3) is 3.92. The highest BCUT2D eigenvalue weighted by atomic mass is 16.6. The van der Waals surface area contributed by atoms with Gasteiger partial charge in [-0.2, -0.15) is 0 Å². The Bertz CT molecular complexity index is 490. The van der Waals surface area contributed by atoms with Crippen LogP contribution in [0.1, 0.15) is 23.7 Å². The van der Waals surface area contributed by atoms with E-state index in [-0.39, 0.29) is 29.5 Å². The Hall–Kier alpha value is -2.15. The molecule has 0 saturated carbocycles. The van der Waals surface area contributed by atoms with E-state index in [1.807, 2.05) is 6.92 Å². The van der Waals surface area contributed by atoms with E-state index in [9.17, 15) is 14.9 Å². The molecule has 2 N–H and O–H groups in total. The van der Waals surface area contributed by atoms with Crippen LogP contribution in [0.2, 0.25) is 0 Å². The number of carbonyl (C=O) groups excluding carboxylic acids is 1. The molecule has 7 heteroatoms. The summed E-state index contributed by atoms with van der Waals surface area (Å²) in [4.78, 5) is 22.5. The number of amides is 1. The summed E-state index contributed by atoms with van der Waals surface area (Å²) in [5.41, 5.74) is -0.382. The molecule has 0 fully saturated rings.